The second kappa shape index (κ2) is 6.78. The number of nitrogens with zero attached hydrogens (tertiary/aromatic N) is 1. The van der Waals surface area contributed by atoms with Gasteiger partial charge < -0.3 is 14.9 Å². The smallest absolute Gasteiger partial charge is 0.383 e. The number of halogens is 3. The summed E-state index contributed by atoms with van der Waals surface area (Å²) in [5.74, 6) is -0.331. The van der Waals surface area contributed by atoms with E-state index < -0.39 is 17.8 Å². The molecule has 0 fully saturated rings. The van der Waals surface area contributed by atoms with Crippen molar-refractivity contribution in [2.75, 3.05) is 20.3 Å². The Labute approximate surface area is 125 Å². The molecule has 0 aromatic heterocycles. The number of hydrogen-bond donors (Lipinski definition) is 1. The number of oxime groups is 1. The Hall–Kier alpha value is -2.09. The molecule has 1 aromatic carbocycles. The summed E-state index contributed by atoms with van der Waals surface area (Å²) in [5, 5.41) is 6.39. The van der Waals surface area contributed by atoms with E-state index in [-0.39, 0.29) is 12.3 Å². The number of rotatable bonds is 5. The van der Waals surface area contributed by atoms with Gasteiger partial charge in [0.05, 0.1) is 17.9 Å². The van der Waals surface area contributed by atoms with Crippen molar-refractivity contribution in [1.29, 1.82) is 0 Å². The molecular weight excluding hydrogens is 301 g/mol. The van der Waals surface area contributed by atoms with Crippen LogP contribution >= 0.6 is 0 Å². The van der Waals surface area contributed by atoms with Crippen molar-refractivity contribution in [3.8, 4) is 0 Å². The van der Waals surface area contributed by atoms with Crippen molar-refractivity contribution in [3.63, 3.8) is 0 Å². The summed E-state index contributed by atoms with van der Waals surface area (Å²) in [4.78, 5) is 16.8. The lowest BCUT2D eigenvalue weighted by Gasteiger charge is -2.09. The van der Waals surface area contributed by atoms with Crippen molar-refractivity contribution >= 4 is 11.6 Å². The Morgan fingerprint density at radius 2 is 2.09 bits per heavy atom. The Bertz CT molecular complexity index is 555. The highest BCUT2D eigenvalue weighted by molar-refractivity contribution is 6.04. The lowest BCUT2D eigenvalue weighted by Crippen LogP contribution is -2.36. The van der Waals surface area contributed by atoms with Crippen LogP contribution < -0.4 is 5.32 Å². The molecule has 0 aliphatic carbocycles. The molecule has 0 spiro atoms. The summed E-state index contributed by atoms with van der Waals surface area (Å²) in [6.45, 7) is 0.732. The third kappa shape index (κ3) is 3.97. The molecule has 1 atom stereocenters. The molecule has 1 amide bonds. The first-order chi connectivity index (χ1) is 10.4. The van der Waals surface area contributed by atoms with Crippen molar-refractivity contribution in [1.82, 2.24) is 5.32 Å². The zero-order valence-electron chi connectivity index (χ0n) is 11.8. The predicted molar refractivity (Wildman–Crippen MR) is 72.4 cm³/mol. The van der Waals surface area contributed by atoms with Gasteiger partial charge in [-0.3, -0.25) is 4.79 Å². The maximum Gasteiger partial charge on any atom is 0.416 e. The quantitative estimate of drug-likeness (QED) is 0.845. The molecule has 1 aromatic rings. The second-order valence-corrected chi connectivity index (χ2v) is 4.70. The van der Waals surface area contributed by atoms with Gasteiger partial charge in [-0.1, -0.05) is 17.3 Å². The highest BCUT2D eigenvalue weighted by Crippen LogP contribution is 2.29. The Morgan fingerprint density at radius 1 is 1.41 bits per heavy atom. The molecule has 1 unspecified atom stereocenters. The van der Waals surface area contributed by atoms with Crippen LogP contribution in [0.3, 0.4) is 0 Å². The first-order valence-corrected chi connectivity index (χ1v) is 6.59. The van der Waals surface area contributed by atoms with Crippen LogP contribution in [0, 0.1) is 0 Å². The van der Waals surface area contributed by atoms with E-state index in [1.807, 2.05) is 0 Å². The fourth-order valence-corrected chi connectivity index (χ4v) is 1.93. The summed E-state index contributed by atoms with van der Waals surface area (Å²) < 4.78 is 42.3. The summed E-state index contributed by atoms with van der Waals surface area (Å²) in [6, 6.07) is 4.58. The van der Waals surface area contributed by atoms with E-state index in [4.69, 9.17) is 9.57 Å². The van der Waals surface area contributed by atoms with E-state index in [1.165, 1.54) is 19.2 Å². The average Bonchev–Trinajstić information content (AvgIpc) is 2.96. The van der Waals surface area contributed by atoms with Gasteiger partial charge in [-0.05, 0) is 17.7 Å². The highest BCUT2D eigenvalue weighted by atomic mass is 19.4. The van der Waals surface area contributed by atoms with Gasteiger partial charge in [-0.2, -0.15) is 13.2 Å². The average molecular weight is 316 g/mol. The maximum atomic E-state index is 12.5. The van der Waals surface area contributed by atoms with Crippen LogP contribution in [0.4, 0.5) is 13.2 Å². The molecule has 1 aliphatic rings. The van der Waals surface area contributed by atoms with Crippen molar-refractivity contribution in [2.45, 2.75) is 18.7 Å². The minimum absolute atomic E-state index is 0.212. The molecule has 0 radical (unpaired) electrons. The van der Waals surface area contributed by atoms with Gasteiger partial charge in [0.2, 0.25) is 6.10 Å². The van der Waals surface area contributed by atoms with Gasteiger partial charge in [0.25, 0.3) is 5.91 Å². The SMILES string of the molecule is COCCNC(=O)C1CC(c2ccc(C(F)(F)F)cc2)=NO1. The first kappa shape index (κ1) is 16.3. The van der Waals surface area contributed by atoms with Crippen molar-refractivity contribution < 1.29 is 27.5 Å². The van der Waals surface area contributed by atoms with Gasteiger partial charge in [0.1, 0.15) is 0 Å². The number of alkyl halides is 3. The number of hydrogen-bond acceptors (Lipinski definition) is 4. The molecule has 120 valence electrons. The zero-order valence-corrected chi connectivity index (χ0v) is 11.8. The number of benzene rings is 1. The van der Waals surface area contributed by atoms with E-state index >= 15 is 0 Å². The molecule has 0 saturated heterocycles. The van der Waals surface area contributed by atoms with Gasteiger partial charge >= 0.3 is 6.18 Å². The van der Waals surface area contributed by atoms with Crippen LogP contribution in [0.1, 0.15) is 17.5 Å². The number of nitrogens with one attached hydrogen (secondary N) is 1. The fourth-order valence-electron chi connectivity index (χ4n) is 1.93. The summed E-state index contributed by atoms with van der Waals surface area (Å²) in [6.07, 6.45) is -4.94. The standard InChI is InChI=1S/C14H15F3N2O3/c1-21-7-6-18-13(20)12-8-11(19-22-12)9-2-4-10(5-3-9)14(15,16)17/h2-5,12H,6-8H2,1H3,(H,18,20). The first-order valence-electron chi connectivity index (χ1n) is 6.59. The van der Waals surface area contributed by atoms with Gasteiger partial charge in [-0.15, -0.1) is 0 Å². The normalized spacial score (nSPS) is 17.8. The van der Waals surface area contributed by atoms with E-state index in [1.54, 1.807) is 0 Å². The minimum Gasteiger partial charge on any atom is -0.383 e. The Morgan fingerprint density at radius 3 is 2.68 bits per heavy atom. The molecule has 22 heavy (non-hydrogen) atoms. The molecule has 2 rings (SSSR count). The number of amides is 1. The summed E-state index contributed by atoms with van der Waals surface area (Å²) in [7, 11) is 1.52. The van der Waals surface area contributed by atoms with Crippen LogP contribution in [0.2, 0.25) is 0 Å². The van der Waals surface area contributed by atoms with Gasteiger partial charge in [0.15, 0.2) is 0 Å². The van der Waals surface area contributed by atoms with Crippen molar-refractivity contribution in [2.24, 2.45) is 5.16 Å². The zero-order chi connectivity index (χ0) is 16.2. The monoisotopic (exact) mass is 316 g/mol. The highest BCUT2D eigenvalue weighted by Gasteiger charge is 2.31. The number of methoxy groups -OCH3 is 1. The van der Waals surface area contributed by atoms with Crippen LogP contribution in [-0.2, 0) is 20.5 Å². The molecular formula is C14H15F3N2O3. The molecule has 1 heterocycles. The van der Waals surface area contributed by atoms with E-state index in [0.717, 1.165) is 12.1 Å². The summed E-state index contributed by atoms with van der Waals surface area (Å²) >= 11 is 0. The maximum absolute atomic E-state index is 12.5. The molecule has 5 nitrogen and oxygen atoms in total. The van der Waals surface area contributed by atoms with Crippen LogP contribution in [-0.4, -0.2) is 38.0 Å². The number of carbonyl (C=O) groups excluding carboxylic acids is 1. The van der Waals surface area contributed by atoms with Crippen LogP contribution in [0.25, 0.3) is 0 Å². The van der Waals surface area contributed by atoms with Crippen molar-refractivity contribution in [3.05, 3.63) is 35.4 Å². The second-order valence-electron chi connectivity index (χ2n) is 4.70. The molecule has 8 heteroatoms. The van der Waals surface area contributed by atoms with Gasteiger partial charge in [0, 0.05) is 20.1 Å². The number of ether oxygens (including phenoxy) is 1. The van der Waals surface area contributed by atoms with Crippen LogP contribution in [0.5, 0.6) is 0 Å². The molecule has 0 bridgehead atoms. The molecule has 1 N–H and O–H groups in total. The Balaban J connectivity index is 1.94. The number of carbonyl (C=O) groups is 1. The lowest BCUT2D eigenvalue weighted by molar-refractivity contribution is -0.137. The van der Waals surface area contributed by atoms with Gasteiger partial charge in [-0.25, -0.2) is 0 Å². The largest absolute Gasteiger partial charge is 0.416 e. The predicted octanol–water partition coefficient (Wildman–Crippen LogP) is 1.96. The lowest BCUT2D eigenvalue weighted by atomic mass is 10.0. The minimum atomic E-state index is -4.38. The Kier molecular flexibility index (Phi) is 5.02. The topological polar surface area (TPSA) is 59.9 Å². The van der Waals surface area contributed by atoms with Crippen LogP contribution in [0.15, 0.2) is 29.4 Å². The molecule has 1 aliphatic heterocycles. The third-order valence-electron chi connectivity index (χ3n) is 3.11. The van der Waals surface area contributed by atoms with E-state index in [0.29, 0.717) is 24.4 Å². The van der Waals surface area contributed by atoms with E-state index in [9.17, 15) is 18.0 Å². The fraction of sp³-hybridized carbons (Fsp3) is 0.429. The third-order valence-corrected chi connectivity index (χ3v) is 3.11. The van der Waals surface area contributed by atoms with E-state index in [2.05, 4.69) is 10.5 Å². The molecule has 0 saturated carbocycles. The summed E-state index contributed by atoms with van der Waals surface area (Å²) in [5.41, 5.74) is 0.213.